The lowest BCUT2D eigenvalue weighted by Gasteiger charge is -2.17. The van der Waals surface area contributed by atoms with Crippen LogP contribution in [0.15, 0.2) is 29.6 Å². The van der Waals surface area contributed by atoms with E-state index in [4.69, 9.17) is 11.6 Å². The number of carbonyl (C=O) groups is 1. The van der Waals surface area contributed by atoms with E-state index in [1.165, 1.54) is 0 Å². The molecular formula is C18H22ClN3OS. The molecule has 4 nitrogen and oxygen atoms in total. The van der Waals surface area contributed by atoms with Crippen LogP contribution in [0, 0.1) is 5.92 Å². The molecule has 24 heavy (non-hydrogen) atoms. The number of nitrogens with one attached hydrogen (secondary N) is 1. The van der Waals surface area contributed by atoms with Crippen LogP contribution in [0.25, 0.3) is 0 Å². The van der Waals surface area contributed by atoms with Crippen LogP contribution in [0.4, 0.5) is 5.69 Å². The lowest BCUT2D eigenvalue weighted by atomic mass is 10.1. The van der Waals surface area contributed by atoms with Gasteiger partial charge in [-0.25, -0.2) is 4.98 Å². The Morgan fingerprint density at radius 1 is 1.50 bits per heavy atom. The lowest BCUT2D eigenvalue weighted by molar-refractivity contribution is 0.0786. The fraction of sp³-hybridized carbons (Fsp3) is 0.444. The minimum absolute atomic E-state index is 0.0386. The van der Waals surface area contributed by atoms with Gasteiger partial charge in [-0.05, 0) is 30.5 Å². The smallest absolute Gasteiger partial charge is 0.273 e. The number of hydrogen-bond donors (Lipinski definition) is 1. The normalized spacial score (nSPS) is 17.5. The van der Waals surface area contributed by atoms with E-state index in [0.717, 1.165) is 30.1 Å². The maximum Gasteiger partial charge on any atom is 0.273 e. The summed E-state index contributed by atoms with van der Waals surface area (Å²) in [5, 5.41) is 7.10. The molecule has 1 aliphatic heterocycles. The molecule has 2 aromatic rings. The number of anilines is 1. The van der Waals surface area contributed by atoms with E-state index in [0.29, 0.717) is 23.2 Å². The molecule has 1 aliphatic rings. The second-order valence-electron chi connectivity index (χ2n) is 6.62. The molecule has 1 N–H and O–H groups in total. The van der Waals surface area contributed by atoms with Gasteiger partial charge in [0.15, 0.2) is 0 Å². The Balaban J connectivity index is 1.58. The highest BCUT2D eigenvalue weighted by molar-refractivity contribution is 7.09. The van der Waals surface area contributed by atoms with Crippen LogP contribution in [-0.4, -0.2) is 34.9 Å². The molecule has 1 unspecified atom stereocenters. The van der Waals surface area contributed by atoms with Crippen LogP contribution in [0.2, 0.25) is 5.02 Å². The number of aromatic nitrogens is 1. The second kappa shape index (κ2) is 7.53. The van der Waals surface area contributed by atoms with Crippen molar-refractivity contribution in [3.63, 3.8) is 0 Å². The van der Waals surface area contributed by atoms with Crippen LogP contribution in [0.5, 0.6) is 0 Å². The van der Waals surface area contributed by atoms with Gasteiger partial charge in [-0.1, -0.05) is 31.5 Å². The van der Waals surface area contributed by atoms with Gasteiger partial charge in [0.05, 0.1) is 5.01 Å². The maximum atomic E-state index is 12.6. The van der Waals surface area contributed by atoms with Gasteiger partial charge in [-0.15, -0.1) is 11.3 Å². The van der Waals surface area contributed by atoms with Crippen molar-refractivity contribution < 1.29 is 4.79 Å². The van der Waals surface area contributed by atoms with E-state index in [-0.39, 0.29) is 11.9 Å². The molecule has 1 aromatic carbocycles. The van der Waals surface area contributed by atoms with Crippen molar-refractivity contribution in [1.82, 2.24) is 9.88 Å². The number of nitrogens with zero attached hydrogens (tertiary/aromatic N) is 2. The van der Waals surface area contributed by atoms with Gasteiger partial charge in [-0.2, -0.15) is 0 Å². The number of hydrogen-bond acceptors (Lipinski definition) is 4. The Bertz CT molecular complexity index is 716. The zero-order valence-electron chi connectivity index (χ0n) is 14.0. The minimum atomic E-state index is 0.0386. The number of amides is 1. The molecule has 1 atom stereocenters. The highest BCUT2D eigenvalue weighted by Gasteiger charge is 2.28. The molecule has 1 amide bonds. The standard InChI is InChI=1S/C18H22ClN3OS/c1-12(2)8-17-21-16(11-24-17)18(23)22-7-6-15(10-22)20-14-5-3-4-13(19)9-14/h3-5,9,11-12,15,20H,6-8,10H2,1-2H3. The highest BCUT2D eigenvalue weighted by Crippen LogP contribution is 2.21. The summed E-state index contributed by atoms with van der Waals surface area (Å²) in [4.78, 5) is 19.0. The van der Waals surface area contributed by atoms with Crippen molar-refractivity contribution in [2.24, 2.45) is 5.92 Å². The second-order valence-corrected chi connectivity index (χ2v) is 7.99. The number of benzene rings is 1. The SMILES string of the molecule is CC(C)Cc1nc(C(=O)N2CCC(Nc3cccc(Cl)c3)C2)cs1. The molecule has 1 fully saturated rings. The van der Waals surface area contributed by atoms with Gasteiger partial charge in [0.25, 0.3) is 5.91 Å². The third-order valence-electron chi connectivity index (χ3n) is 4.02. The first-order chi connectivity index (χ1) is 11.5. The van der Waals surface area contributed by atoms with Crippen molar-refractivity contribution in [3.8, 4) is 0 Å². The molecule has 0 aliphatic carbocycles. The predicted octanol–water partition coefficient (Wildman–Crippen LogP) is 4.32. The Morgan fingerprint density at radius 3 is 3.08 bits per heavy atom. The van der Waals surface area contributed by atoms with E-state index in [2.05, 4.69) is 24.1 Å². The fourth-order valence-corrected chi connectivity index (χ4v) is 4.06. The van der Waals surface area contributed by atoms with E-state index < -0.39 is 0 Å². The molecule has 128 valence electrons. The third-order valence-corrected chi connectivity index (χ3v) is 5.13. The van der Waals surface area contributed by atoms with Gasteiger partial charge in [0.2, 0.25) is 0 Å². The predicted molar refractivity (Wildman–Crippen MR) is 100 cm³/mol. The zero-order chi connectivity index (χ0) is 17.1. The van der Waals surface area contributed by atoms with Crippen LogP contribution >= 0.6 is 22.9 Å². The Hall–Kier alpha value is -1.59. The summed E-state index contributed by atoms with van der Waals surface area (Å²) >= 11 is 7.60. The molecule has 6 heteroatoms. The molecule has 0 radical (unpaired) electrons. The van der Waals surface area contributed by atoms with Crippen molar-refractivity contribution in [2.75, 3.05) is 18.4 Å². The average molecular weight is 364 g/mol. The third kappa shape index (κ3) is 4.28. The molecule has 0 spiro atoms. The first-order valence-electron chi connectivity index (χ1n) is 8.27. The molecule has 0 saturated carbocycles. The summed E-state index contributed by atoms with van der Waals surface area (Å²) in [5.74, 6) is 0.591. The summed E-state index contributed by atoms with van der Waals surface area (Å²) in [6, 6.07) is 7.93. The van der Waals surface area contributed by atoms with Crippen LogP contribution in [-0.2, 0) is 6.42 Å². The van der Waals surface area contributed by atoms with Crippen LogP contribution < -0.4 is 5.32 Å². The first kappa shape index (κ1) is 17.2. The fourth-order valence-electron chi connectivity index (χ4n) is 2.89. The Kier molecular flexibility index (Phi) is 5.41. The summed E-state index contributed by atoms with van der Waals surface area (Å²) < 4.78 is 0. The topological polar surface area (TPSA) is 45.2 Å². The lowest BCUT2D eigenvalue weighted by Crippen LogP contribution is -2.31. The van der Waals surface area contributed by atoms with Crippen molar-refractivity contribution in [3.05, 3.63) is 45.4 Å². The molecule has 2 heterocycles. The number of carbonyl (C=O) groups excluding carboxylic acids is 1. The molecule has 1 aromatic heterocycles. The number of likely N-dealkylation sites (tertiary alicyclic amines) is 1. The first-order valence-corrected chi connectivity index (χ1v) is 9.53. The average Bonchev–Trinajstić information content (AvgIpc) is 3.16. The van der Waals surface area contributed by atoms with E-state index >= 15 is 0 Å². The number of halogens is 1. The van der Waals surface area contributed by atoms with Gasteiger partial charge < -0.3 is 10.2 Å². The highest BCUT2D eigenvalue weighted by atomic mass is 35.5. The van der Waals surface area contributed by atoms with E-state index in [1.54, 1.807) is 11.3 Å². The van der Waals surface area contributed by atoms with Crippen LogP contribution in [0.1, 0.15) is 35.8 Å². The quantitative estimate of drug-likeness (QED) is 0.860. The van der Waals surface area contributed by atoms with Crippen molar-refractivity contribution in [2.45, 2.75) is 32.7 Å². The van der Waals surface area contributed by atoms with Gasteiger partial charge in [0, 0.05) is 41.6 Å². The molecule has 0 bridgehead atoms. The summed E-state index contributed by atoms with van der Waals surface area (Å²) in [6.45, 7) is 5.78. The summed E-state index contributed by atoms with van der Waals surface area (Å²) in [6.07, 6.45) is 1.86. The maximum absolute atomic E-state index is 12.6. The van der Waals surface area contributed by atoms with E-state index in [9.17, 15) is 4.79 Å². The summed E-state index contributed by atoms with van der Waals surface area (Å²) in [5.41, 5.74) is 1.58. The monoisotopic (exact) mass is 363 g/mol. The van der Waals surface area contributed by atoms with Gasteiger partial charge >= 0.3 is 0 Å². The molecule has 1 saturated heterocycles. The zero-order valence-corrected chi connectivity index (χ0v) is 15.5. The van der Waals surface area contributed by atoms with Crippen molar-refractivity contribution >= 4 is 34.5 Å². The Morgan fingerprint density at radius 2 is 2.33 bits per heavy atom. The number of thiazole rings is 1. The van der Waals surface area contributed by atoms with Crippen LogP contribution in [0.3, 0.4) is 0 Å². The largest absolute Gasteiger partial charge is 0.380 e. The van der Waals surface area contributed by atoms with Gasteiger partial charge in [-0.3, -0.25) is 4.79 Å². The molecule has 3 rings (SSSR count). The number of rotatable bonds is 5. The van der Waals surface area contributed by atoms with Crippen molar-refractivity contribution in [1.29, 1.82) is 0 Å². The minimum Gasteiger partial charge on any atom is -0.380 e. The summed E-state index contributed by atoms with van der Waals surface area (Å²) in [7, 11) is 0. The Labute approximate surface area is 151 Å². The van der Waals surface area contributed by atoms with E-state index in [1.807, 2.05) is 34.5 Å². The van der Waals surface area contributed by atoms with Gasteiger partial charge in [0.1, 0.15) is 5.69 Å². The molecular weight excluding hydrogens is 342 g/mol.